The Morgan fingerprint density at radius 3 is 1.40 bits per heavy atom. The Labute approximate surface area is 104 Å². The summed E-state index contributed by atoms with van der Waals surface area (Å²) in [4.78, 5) is 0. The van der Waals surface area contributed by atoms with Crippen molar-refractivity contribution in [3.8, 4) is 0 Å². The highest BCUT2D eigenvalue weighted by molar-refractivity contribution is 8.00. The third kappa shape index (κ3) is 11.2. The van der Waals surface area contributed by atoms with Gasteiger partial charge < -0.3 is 0 Å². The van der Waals surface area contributed by atoms with Gasteiger partial charge in [-0.2, -0.15) is 17.6 Å². The average molecular weight is 307 g/mol. The van der Waals surface area contributed by atoms with Gasteiger partial charge in [-0.05, 0) is 37.3 Å². The second-order valence-corrected chi connectivity index (χ2v) is 6.51. The van der Waals surface area contributed by atoms with E-state index in [0.29, 0.717) is 0 Å². The van der Waals surface area contributed by atoms with Crippen LogP contribution < -0.4 is 0 Å². The van der Waals surface area contributed by atoms with Crippen molar-refractivity contribution in [1.29, 1.82) is 0 Å². The van der Waals surface area contributed by atoms with Crippen LogP contribution in [0.1, 0.15) is 0 Å². The Morgan fingerprint density at radius 2 is 1.20 bits per heavy atom. The molecule has 0 aromatic heterocycles. The Kier molecular flexibility index (Phi) is 6.39. The molecule has 0 saturated heterocycles. The smallest absolute Gasteiger partial charge is 0.233 e. The van der Waals surface area contributed by atoms with E-state index in [0.717, 1.165) is 8.61 Å². The summed E-state index contributed by atoms with van der Waals surface area (Å²) in [7, 11) is 2.59. The summed E-state index contributed by atoms with van der Waals surface area (Å²) in [5.41, 5.74) is 0. The number of alkyl halides is 6. The summed E-state index contributed by atoms with van der Waals surface area (Å²) < 4.78 is 44.1. The zero-order valence-corrected chi connectivity index (χ0v) is 10.8. The van der Waals surface area contributed by atoms with Crippen LogP contribution in [0.3, 0.4) is 0 Å². The minimum Gasteiger partial charge on any atom is -0.233 e. The highest BCUT2D eigenvalue weighted by Crippen LogP contribution is 2.38. The fourth-order valence-corrected chi connectivity index (χ4v) is 2.64. The first-order valence-corrected chi connectivity index (χ1v) is 5.74. The molecule has 0 aliphatic carbocycles. The minimum atomic E-state index is -3.45. The Morgan fingerprint density at radius 1 is 0.933 bits per heavy atom. The fourth-order valence-electron chi connectivity index (χ4n) is 0.692. The molecule has 0 spiro atoms. The van der Waals surface area contributed by atoms with E-state index in [-0.39, 0.29) is 30.6 Å². The molecule has 2 nitrogen and oxygen atoms in total. The largest absolute Gasteiger partial charge is 0.384 e. The van der Waals surface area contributed by atoms with Gasteiger partial charge in [-0.15, -0.1) is 0 Å². The molecule has 0 aromatic rings. The number of hydrogen-bond acceptors (Lipinski definition) is 4. The van der Waals surface area contributed by atoms with Crippen molar-refractivity contribution in [2.45, 2.75) is 9.43 Å². The van der Waals surface area contributed by atoms with E-state index in [1.807, 2.05) is 0 Å². The molecule has 0 fully saturated rings. The molecule has 10 heteroatoms. The Balaban J connectivity index is 3.92. The lowest BCUT2D eigenvalue weighted by Gasteiger charge is -2.24. The van der Waals surface area contributed by atoms with Crippen LogP contribution in [-0.2, 0) is 0 Å². The van der Waals surface area contributed by atoms with Crippen molar-refractivity contribution in [2.75, 3.05) is 20.8 Å². The topological polar surface area (TPSA) is 6.48 Å². The molecule has 92 valence electrons. The van der Waals surface area contributed by atoms with E-state index in [9.17, 15) is 17.6 Å². The van der Waals surface area contributed by atoms with Crippen LogP contribution in [0.25, 0.3) is 0 Å². The van der Waals surface area contributed by atoms with Crippen molar-refractivity contribution in [3.05, 3.63) is 0 Å². The number of halogens is 6. The summed E-state index contributed by atoms with van der Waals surface area (Å²) in [6, 6.07) is 0. The molecule has 0 atom stereocenters. The van der Waals surface area contributed by atoms with Crippen molar-refractivity contribution in [3.63, 3.8) is 0 Å². The molecule has 0 heterocycles. The normalized spacial score (nSPS) is 14.0. The van der Waals surface area contributed by atoms with Crippen LogP contribution in [-0.4, -0.2) is 38.8 Å². The van der Waals surface area contributed by atoms with E-state index in [2.05, 4.69) is 23.2 Å². The summed E-state index contributed by atoms with van der Waals surface area (Å²) >= 11 is 9.33. The molecule has 15 heavy (non-hydrogen) atoms. The van der Waals surface area contributed by atoms with E-state index in [1.165, 1.54) is 14.1 Å². The van der Waals surface area contributed by atoms with Crippen molar-refractivity contribution in [2.24, 2.45) is 0 Å². The van der Waals surface area contributed by atoms with Gasteiger partial charge in [-0.3, -0.25) is 0 Å². The standard InChI is InChI=1S/C5H8Cl2F4N2S2/c1-12(14-4(6,8)9)3-13(2)15-5(7,10)11/h3H2,1-2H3. The van der Waals surface area contributed by atoms with Gasteiger partial charge in [-0.1, -0.05) is 0 Å². The van der Waals surface area contributed by atoms with E-state index >= 15 is 0 Å². The van der Waals surface area contributed by atoms with Crippen molar-refractivity contribution in [1.82, 2.24) is 8.61 Å². The van der Waals surface area contributed by atoms with Crippen LogP contribution in [0, 0.1) is 0 Å². The summed E-state index contributed by atoms with van der Waals surface area (Å²) in [5, 5.41) is 0. The van der Waals surface area contributed by atoms with Crippen molar-refractivity contribution < 1.29 is 17.6 Å². The molecule has 0 rings (SSSR count). The molecule has 0 unspecified atom stereocenters. The van der Waals surface area contributed by atoms with Crippen LogP contribution in [0.15, 0.2) is 0 Å². The van der Waals surface area contributed by atoms with E-state index in [1.54, 1.807) is 0 Å². The predicted molar refractivity (Wildman–Crippen MR) is 57.2 cm³/mol. The molecule has 0 aromatic carbocycles. The molecule has 0 saturated carbocycles. The first-order chi connectivity index (χ1) is 6.49. The van der Waals surface area contributed by atoms with Crippen LogP contribution >= 0.6 is 47.1 Å². The second-order valence-electron chi connectivity index (χ2n) is 2.47. The third-order valence-corrected chi connectivity index (χ3v) is 2.60. The molecule has 0 radical (unpaired) electrons. The maximum Gasteiger partial charge on any atom is 0.384 e. The number of nitrogens with zero attached hydrogens (tertiary/aromatic N) is 2. The quantitative estimate of drug-likeness (QED) is 0.319. The lowest BCUT2D eigenvalue weighted by Crippen LogP contribution is -2.28. The highest BCUT2D eigenvalue weighted by atomic mass is 35.5. The molecule has 0 N–H and O–H groups in total. The maximum absolute atomic E-state index is 12.2. The van der Waals surface area contributed by atoms with Crippen LogP contribution in [0.2, 0.25) is 0 Å². The fraction of sp³-hybridized carbons (Fsp3) is 1.00. The summed E-state index contributed by atoms with van der Waals surface area (Å²) in [5.74, 6) is 0. The van der Waals surface area contributed by atoms with Crippen molar-refractivity contribution >= 4 is 47.1 Å². The van der Waals surface area contributed by atoms with Gasteiger partial charge in [0, 0.05) is 23.9 Å². The summed E-state index contributed by atoms with van der Waals surface area (Å²) in [6.45, 7) is -0.153. The van der Waals surface area contributed by atoms with E-state index < -0.39 is 9.43 Å². The first-order valence-electron chi connectivity index (χ1n) is 3.43. The van der Waals surface area contributed by atoms with Crippen LogP contribution in [0.4, 0.5) is 17.6 Å². The molecule has 0 amide bonds. The van der Waals surface area contributed by atoms with E-state index in [4.69, 9.17) is 0 Å². The molecule has 0 aliphatic rings. The van der Waals surface area contributed by atoms with Gasteiger partial charge in [0.15, 0.2) is 0 Å². The first kappa shape index (κ1) is 15.9. The lowest BCUT2D eigenvalue weighted by atomic mass is 11.0. The zero-order chi connectivity index (χ0) is 12.3. The van der Waals surface area contributed by atoms with Gasteiger partial charge in [0.25, 0.3) is 0 Å². The monoisotopic (exact) mass is 306 g/mol. The van der Waals surface area contributed by atoms with Gasteiger partial charge in [0.1, 0.15) is 0 Å². The molecule has 0 bridgehead atoms. The highest BCUT2D eigenvalue weighted by Gasteiger charge is 2.31. The van der Waals surface area contributed by atoms with Gasteiger partial charge in [0.2, 0.25) is 0 Å². The second kappa shape index (κ2) is 6.02. The van der Waals surface area contributed by atoms with Gasteiger partial charge >= 0.3 is 9.43 Å². The average Bonchev–Trinajstić information content (AvgIpc) is 1.73. The SMILES string of the molecule is CN(CN(C)SC(F)(F)Cl)SC(F)(F)Cl. The van der Waals surface area contributed by atoms with Gasteiger partial charge in [0.05, 0.1) is 6.67 Å². The van der Waals surface area contributed by atoms with Crippen LogP contribution in [0.5, 0.6) is 0 Å². The third-order valence-electron chi connectivity index (χ3n) is 0.917. The summed E-state index contributed by atoms with van der Waals surface area (Å²) in [6.07, 6.45) is 0. The Bertz CT molecular complexity index is 178. The Hall–Kier alpha value is 0.920. The molecular formula is C5H8Cl2F4N2S2. The maximum atomic E-state index is 12.2. The molecular weight excluding hydrogens is 299 g/mol. The zero-order valence-electron chi connectivity index (χ0n) is 7.69. The minimum absolute atomic E-state index is 0.0335. The predicted octanol–water partition coefficient (Wildman–Crippen LogP) is 3.68. The molecule has 0 aliphatic heterocycles. The lowest BCUT2D eigenvalue weighted by molar-refractivity contribution is 0.191. The number of rotatable bonds is 6. The number of hydrogen-bond donors (Lipinski definition) is 0. The van der Waals surface area contributed by atoms with Gasteiger partial charge in [-0.25, -0.2) is 8.61 Å².